The van der Waals surface area contributed by atoms with E-state index in [1.165, 1.54) is 24.8 Å². The fourth-order valence-electron chi connectivity index (χ4n) is 9.18. The van der Waals surface area contributed by atoms with Gasteiger partial charge in [0.1, 0.15) is 12.4 Å². The first-order chi connectivity index (χ1) is 27.3. The second-order valence-corrected chi connectivity index (χ2v) is 16.3. The van der Waals surface area contributed by atoms with Crippen molar-refractivity contribution in [1.82, 2.24) is 15.0 Å². The molecule has 0 radical (unpaired) electrons. The van der Waals surface area contributed by atoms with Gasteiger partial charge in [-0.3, -0.25) is 4.79 Å². The molecule has 4 N–H and O–H groups in total. The molecule has 5 heterocycles. The number of rotatable bonds is 16. The largest absolute Gasteiger partial charge is 2.00 e. The van der Waals surface area contributed by atoms with Gasteiger partial charge in [0.05, 0.1) is 12.6 Å². The Bertz CT molecular complexity index is 2310. The molecule has 308 valence electrons. The Labute approximate surface area is 359 Å². The van der Waals surface area contributed by atoms with Crippen molar-refractivity contribution in [2.24, 2.45) is 29.4 Å². The summed E-state index contributed by atoms with van der Waals surface area (Å²) in [6.45, 7) is 21.0. The zero-order valence-electron chi connectivity index (χ0n) is 35.8. The van der Waals surface area contributed by atoms with Crippen LogP contribution in [-0.2, 0) is 20.7 Å². The number of carbonyl (C=O) groups is 1. The minimum atomic E-state index is -1.44. The third-order valence-corrected chi connectivity index (χ3v) is 12.5. The van der Waals surface area contributed by atoms with Crippen molar-refractivity contribution in [2.75, 3.05) is 13.3 Å². The minimum Gasteiger partial charge on any atom is -0.681 e. The summed E-state index contributed by atoms with van der Waals surface area (Å²) in [5, 5.41) is 31.5. The average Bonchev–Trinajstić information content (AvgIpc) is 3.91. The summed E-state index contributed by atoms with van der Waals surface area (Å²) in [4.78, 5) is 28.7. The summed E-state index contributed by atoms with van der Waals surface area (Å²) in [5.41, 5.74) is 15.6. The number of aliphatic hydroxyl groups is 2. The van der Waals surface area contributed by atoms with E-state index in [-0.39, 0.29) is 66.4 Å². The third kappa shape index (κ3) is 9.04. The number of carbonyl (C=O) groups excluding carboxylic acids is 1. The molecule has 3 aromatic heterocycles. The fraction of sp³-hybridized carbons (Fsp3) is 0.511. The zero-order chi connectivity index (χ0) is 41.1. The standard InChI is InChI=1S/C47H61N5O5.Mg/c1-10-14-25(4)15-13-16-26(5)19-20-56-40(53)18-17-33-29(8)36-21-34-27(6)31(11-2)38(49-34)22-35-28(7)32(12-3)39(50-35)23-37-30(9)41-45(52-37)42(44(33)51-36)43(46(41)54)47(55)57-24-48;/h11,19,21-23,25,29,33,43-44,47,54-55H,2,10,12-18,20,24,48H2,1,3-9H3;/q-4;+2/b26-19+,35-22-,36-21-,39-23-;/t25-,29+,33+,43-,44?,47?;/m1./s1. The first kappa shape index (κ1) is 45.3. The van der Waals surface area contributed by atoms with Crippen molar-refractivity contribution in [3.63, 3.8) is 0 Å². The van der Waals surface area contributed by atoms with Crippen LogP contribution in [0.4, 0.5) is 0 Å². The van der Waals surface area contributed by atoms with Gasteiger partial charge in [-0.1, -0.05) is 117 Å². The van der Waals surface area contributed by atoms with E-state index in [0.717, 1.165) is 80.8 Å². The predicted molar refractivity (Wildman–Crippen MR) is 233 cm³/mol. The van der Waals surface area contributed by atoms with E-state index in [2.05, 4.69) is 48.1 Å². The van der Waals surface area contributed by atoms with E-state index < -0.39 is 18.2 Å². The van der Waals surface area contributed by atoms with Crippen LogP contribution in [0.5, 0.6) is 0 Å². The summed E-state index contributed by atoms with van der Waals surface area (Å²) < 4.78 is 11.3. The van der Waals surface area contributed by atoms with E-state index in [1.54, 1.807) is 0 Å². The number of fused-ring (bicyclic) bond motifs is 8. The number of allylic oxidation sites excluding steroid dienone is 2. The topological polar surface area (TPSA) is 158 Å². The van der Waals surface area contributed by atoms with Crippen LogP contribution >= 0.6 is 0 Å². The first-order valence-electron chi connectivity index (χ1n) is 20.8. The quantitative estimate of drug-likeness (QED) is 0.0794. The molecule has 10 nitrogen and oxygen atoms in total. The fourth-order valence-corrected chi connectivity index (χ4v) is 9.18. The van der Waals surface area contributed by atoms with E-state index >= 15 is 0 Å². The van der Waals surface area contributed by atoms with Gasteiger partial charge in [0, 0.05) is 6.42 Å². The summed E-state index contributed by atoms with van der Waals surface area (Å²) in [6.07, 6.45) is 15.7. The molecule has 1 fully saturated rings. The molecule has 6 rings (SSSR count). The molecule has 3 aromatic rings. The monoisotopic (exact) mass is 799 g/mol. The Hall–Kier alpha value is -3.74. The molecule has 0 spiro atoms. The van der Waals surface area contributed by atoms with Gasteiger partial charge in [-0.25, -0.2) is 0 Å². The van der Waals surface area contributed by atoms with Crippen LogP contribution in [0.25, 0.3) is 41.0 Å². The van der Waals surface area contributed by atoms with Crippen LogP contribution in [0.2, 0.25) is 0 Å². The Balaban J connectivity index is 0.00000641. The summed E-state index contributed by atoms with van der Waals surface area (Å²) >= 11 is 0. The van der Waals surface area contributed by atoms with E-state index in [0.29, 0.717) is 28.3 Å². The summed E-state index contributed by atoms with van der Waals surface area (Å²) in [7, 11) is 0. The van der Waals surface area contributed by atoms with Crippen LogP contribution in [0.3, 0.4) is 0 Å². The molecule has 6 atom stereocenters. The molecule has 8 bridgehead atoms. The molecular weight excluding hydrogens is 739 g/mol. The minimum absolute atomic E-state index is 0. The molecule has 0 amide bonds. The maximum Gasteiger partial charge on any atom is 2.00 e. The molecule has 11 heteroatoms. The molecule has 1 aliphatic carbocycles. The Kier molecular flexibility index (Phi) is 15.3. The van der Waals surface area contributed by atoms with Crippen LogP contribution in [-0.4, -0.2) is 64.9 Å². The predicted octanol–water partition coefficient (Wildman–Crippen LogP) is 4.90. The van der Waals surface area contributed by atoms with Gasteiger partial charge in [-0.15, -0.1) is 33.1 Å². The zero-order valence-corrected chi connectivity index (χ0v) is 37.2. The van der Waals surface area contributed by atoms with Crippen molar-refractivity contribution < 1.29 is 24.5 Å². The number of esters is 1. The van der Waals surface area contributed by atoms with E-state index in [4.69, 9.17) is 35.5 Å². The first-order valence-corrected chi connectivity index (χ1v) is 20.8. The Morgan fingerprint density at radius 3 is 2.41 bits per heavy atom. The van der Waals surface area contributed by atoms with Crippen LogP contribution < -0.4 is 42.0 Å². The van der Waals surface area contributed by atoms with E-state index in [9.17, 15) is 15.0 Å². The maximum atomic E-state index is 13.3. The number of hydrogen-bond donors (Lipinski definition) is 3. The van der Waals surface area contributed by atoms with E-state index in [1.807, 2.05) is 44.2 Å². The summed E-state index contributed by atoms with van der Waals surface area (Å²) in [6, 6.07) is -0.548. The molecule has 0 saturated carbocycles. The van der Waals surface area contributed by atoms with Crippen molar-refractivity contribution in [3.05, 3.63) is 95.4 Å². The SMILES string of the molecule is C=Cc1c2[n-]c(c1C)/C=C1\[N-]C(C3=c4[n-]c(c(C)c4=C(O)[C@@H]3C(O)OCN)/C=c3\[n-]/c(c(C)c3CC)=C\2)[C@@H](CCC(=O)OC/C=C(\C)CCC[C@H](C)CCC)[C@@H]1C.[Mg+2]. The second-order valence-electron chi connectivity index (χ2n) is 16.3. The van der Waals surface area contributed by atoms with Crippen molar-refractivity contribution in [2.45, 2.75) is 119 Å². The normalized spacial score (nSPS) is 22.9. The van der Waals surface area contributed by atoms with Gasteiger partial charge in [0.25, 0.3) is 0 Å². The van der Waals surface area contributed by atoms with Gasteiger partial charge in [0.2, 0.25) is 0 Å². The number of aromatic nitrogens is 3. The third-order valence-electron chi connectivity index (χ3n) is 12.5. The molecule has 1 saturated heterocycles. The number of hydrogen-bond acceptors (Lipinski definition) is 6. The molecule has 2 aliphatic heterocycles. The number of nitrogens with zero attached hydrogens (tertiary/aromatic N) is 4. The second kappa shape index (κ2) is 19.5. The Morgan fingerprint density at radius 2 is 1.72 bits per heavy atom. The van der Waals surface area contributed by atoms with Gasteiger partial charge in [-0.05, 0) is 88.0 Å². The maximum absolute atomic E-state index is 13.3. The molecule has 3 aliphatic rings. The van der Waals surface area contributed by atoms with Crippen LogP contribution in [0.15, 0.2) is 23.9 Å². The van der Waals surface area contributed by atoms with Gasteiger partial charge < -0.3 is 45.7 Å². The number of ether oxygens (including phenoxy) is 2. The van der Waals surface area contributed by atoms with Crippen LogP contribution in [0, 0.1) is 44.4 Å². The average molecular weight is 800 g/mol. The van der Waals surface area contributed by atoms with Gasteiger partial charge in [0.15, 0.2) is 6.29 Å². The van der Waals surface area contributed by atoms with Crippen molar-refractivity contribution >= 4 is 64.7 Å². The van der Waals surface area contributed by atoms with Gasteiger partial charge in [-0.2, -0.15) is 5.70 Å². The van der Waals surface area contributed by atoms with Crippen LogP contribution in [0.1, 0.15) is 124 Å². The molecule has 2 unspecified atom stereocenters. The molecule has 0 aromatic carbocycles. The molecule has 58 heavy (non-hydrogen) atoms. The van der Waals surface area contributed by atoms with Crippen molar-refractivity contribution in [1.29, 1.82) is 0 Å². The summed E-state index contributed by atoms with van der Waals surface area (Å²) in [5.74, 6) is -0.840. The van der Waals surface area contributed by atoms with Gasteiger partial charge >= 0.3 is 29.0 Å². The van der Waals surface area contributed by atoms with Crippen molar-refractivity contribution in [3.8, 4) is 0 Å². The number of nitrogens with two attached hydrogens (primary N) is 1. The number of aliphatic hydroxyl groups excluding tert-OH is 2. The smallest absolute Gasteiger partial charge is 0.681 e. The molecular formula is C47H61MgN5O5-2. The Morgan fingerprint density at radius 1 is 1.00 bits per heavy atom.